The molecule has 0 saturated heterocycles. The number of carbonyl (C=O) groups is 1. The second kappa shape index (κ2) is 7.85. The van der Waals surface area contributed by atoms with Crippen molar-refractivity contribution >= 4 is 5.91 Å². The molecule has 0 spiro atoms. The molecule has 1 rings (SSSR count). The van der Waals surface area contributed by atoms with E-state index in [1.165, 1.54) is 25.7 Å². The molecule has 3 N–H and O–H groups in total. The van der Waals surface area contributed by atoms with Gasteiger partial charge in [0.25, 0.3) is 0 Å². The zero-order valence-electron chi connectivity index (χ0n) is 12.7. The standard InChI is InChI=1S/C15H30N2O2/c1-4-9-17-15(3,14(16)18)10-12(2)19-11-13-7-5-6-8-13/h12-13,17H,4-11H2,1-3H3,(H2,16,18). The number of rotatable bonds is 9. The van der Waals surface area contributed by atoms with Crippen LogP contribution >= 0.6 is 0 Å². The first kappa shape index (κ1) is 16.4. The Hall–Kier alpha value is -0.610. The first-order valence-electron chi connectivity index (χ1n) is 7.64. The Morgan fingerprint density at radius 3 is 2.63 bits per heavy atom. The quantitative estimate of drug-likeness (QED) is 0.675. The van der Waals surface area contributed by atoms with Gasteiger partial charge in [-0.1, -0.05) is 19.8 Å². The van der Waals surface area contributed by atoms with Crippen molar-refractivity contribution in [1.29, 1.82) is 0 Å². The highest BCUT2D eigenvalue weighted by Gasteiger charge is 2.32. The van der Waals surface area contributed by atoms with E-state index in [1.54, 1.807) is 0 Å². The Labute approximate surface area is 117 Å². The zero-order chi connectivity index (χ0) is 14.3. The van der Waals surface area contributed by atoms with Crippen LogP contribution in [0.15, 0.2) is 0 Å². The predicted octanol–water partition coefficient (Wildman–Crippen LogP) is 2.22. The normalized spacial score (nSPS) is 21.2. The number of amides is 1. The Morgan fingerprint density at radius 1 is 1.47 bits per heavy atom. The summed E-state index contributed by atoms with van der Waals surface area (Å²) in [5.74, 6) is 0.420. The molecule has 4 nitrogen and oxygen atoms in total. The van der Waals surface area contributed by atoms with E-state index in [0.717, 1.165) is 19.6 Å². The van der Waals surface area contributed by atoms with Gasteiger partial charge in [0, 0.05) is 13.0 Å². The highest BCUT2D eigenvalue weighted by atomic mass is 16.5. The lowest BCUT2D eigenvalue weighted by molar-refractivity contribution is -0.125. The van der Waals surface area contributed by atoms with Crippen LogP contribution < -0.4 is 11.1 Å². The van der Waals surface area contributed by atoms with Gasteiger partial charge in [-0.25, -0.2) is 0 Å². The van der Waals surface area contributed by atoms with Gasteiger partial charge in [0.1, 0.15) is 0 Å². The van der Waals surface area contributed by atoms with E-state index in [2.05, 4.69) is 12.2 Å². The van der Waals surface area contributed by atoms with E-state index in [1.807, 2.05) is 13.8 Å². The third-order valence-electron chi connectivity index (χ3n) is 4.10. The van der Waals surface area contributed by atoms with Crippen LogP contribution in [0.3, 0.4) is 0 Å². The van der Waals surface area contributed by atoms with Crippen LogP contribution in [0.25, 0.3) is 0 Å². The van der Waals surface area contributed by atoms with Crippen molar-refractivity contribution in [2.45, 2.75) is 70.9 Å². The van der Waals surface area contributed by atoms with Crippen LogP contribution in [0.1, 0.15) is 59.3 Å². The molecule has 1 saturated carbocycles. The lowest BCUT2D eigenvalue weighted by Crippen LogP contribution is -2.55. The first-order chi connectivity index (χ1) is 8.98. The van der Waals surface area contributed by atoms with E-state index in [0.29, 0.717) is 12.3 Å². The fourth-order valence-corrected chi connectivity index (χ4v) is 2.77. The summed E-state index contributed by atoms with van der Waals surface area (Å²) in [7, 11) is 0. The number of nitrogens with two attached hydrogens (primary N) is 1. The minimum atomic E-state index is -0.662. The maximum Gasteiger partial charge on any atom is 0.237 e. The number of nitrogens with one attached hydrogen (secondary N) is 1. The van der Waals surface area contributed by atoms with Crippen molar-refractivity contribution in [1.82, 2.24) is 5.32 Å². The van der Waals surface area contributed by atoms with Gasteiger partial charge < -0.3 is 15.8 Å². The van der Waals surface area contributed by atoms with Crippen molar-refractivity contribution in [3.05, 3.63) is 0 Å². The smallest absolute Gasteiger partial charge is 0.237 e. The van der Waals surface area contributed by atoms with Gasteiger partial charge in [0.2, 0.25) is 5.91 Å². The van der Waals surface area contributed by atoms with Crippen LogP contribution in [-0.2, 0) is 9.53 Å². The molecule has 19 heavy (non-hydrogen) atoms. The second-order valence-electron chi connectivity index (χ2n) is 6.12. The highest BCUT2D eigenvalue weighted by molar-refractivity contribution is 5.84. The molecule has 1 aliphatic rings. The fraction of sp³-hybridized carbons (Fsp3) is 0.933. The molecule has 0 aromatic rings. The summed E-state index contributed by atoms with van der Waals surface area (Å²) in [4.78, 5) is 11.6. The summed E-state index contributed by atoms with van der Waals surface area (Å²) < 4.78 is 5.90. The molecule has 4 heteroatoms. The van der Waals surface area contributed by atoms with Crippen LogP contribution in [-0.4, -0.2) is 30.7 Å². The van der Waals surface area contributed by atoms with Gasteiger partial charge in [-0.05, 0) is 45.6 Å². The number of hydrogen-bond acceptors (Lipinski definition) is 3. The highest BCUT2D eigenvalue weighted by Crippen LogP contribution is 2.25. The van der Waals surface area contributed by atoms with Gasteiger partial charge in [-0.2, -0.15) is 0 Å². The van der Waals surface area contributed by atoms with Crippen molar-refractivity contribution in [2.75, 3.05) is 13.2 Å². The summed E-state index contributed by atoms with van der Waals surface area (Å²) >= 11 is 0. The van der Waals surface area contributed by atoms with E-state index >= 15 is 0 Å². The summed E-state index contributed by atoms with van der Waals surface area (Å²) in [5, 5.41) is 3.25. The molecule has 1 fully saturated rings. The SMILES string of the molecule is CCCNC(C)(CC(C)OCC1CCCC1)C(N)=O. The molecule has 0 radical (unpaired) electrons. The Kier molecular flexibility index (Phi) is 6.80. The van der Waals surface area contributed by atoms with Crippen LogP contribution in [0.4, 0.5) is 0 Å². The lowest BCUT2D eigenvalue weighted by atomic mass is 9.93. The zero-order valence-corrected chi connectivity index (χ0v) is 12.7. The van der Waals surface area contributed by atoms with E-state index in [4.69, 9.17) is 10.5 Å². The summed E-state index contributed by atoms with van der Waals surface area (Å²) in [6.45, 7) is 7.61. The van der Waals surface area contributed by atoms with Crippen LogP contribution in [0, 0.1) is 5.92 Å². The largest absolute Gasteiger partial charge is 0.378 e. The van der Waals surface area contributed by atoms with Crippen LogP contribution in [0.5, 0.6) is 0 Å². The molecule has 0 aromatic carbocycles. The number of carbonyl (C=O) groups excluding carboxylic acids is 1. The van der Waals surface area contributed by atoms with Gasteiger partial charge >= 0.3 is 0 Å². The molecule has 112 valence electrons. The monoisotopic (exact) mass is 270 g/mol. The molecular weight excluding hydrogens is 240 g/mol. The van der Waals surface area contributed by atoms with Gasteiger partial charge in [0.05, 0.1) is 11.6 Å². The summed E-state index contributed by atoms with van der Waals surface area (Å²) in [6.07, 6.45) is 6.91. The van der Waals surface area contributed by atoms with Crippen molar-refractivity contribution in [3.8, 4) is 0 Å². The number of hydrogen-bond donors (Lipinski definition) is 2. The van der Waals surface area contributed by atoms with Crippen molar-refractivity contribution in [2.24, 2.45) is 11.7 Å². The molecule has 2 atom stereocenters. The van der Waals surface area contributed by atoms with Gasteiger partial charge in [-0.15, -0.1) is 0 Å². The average molecular weight is 270 g/mol. The fourth-order valence-electron chi connectivity index (χ4n) is 2.77. The average Bonchev–Trinajstić information content (AvgIpc) is 2.87. The number of ether oxygens (including phenoxy) is 1. The maximum absolute atomic E-state index is 11.6. The molecule has 2 unspecified atom stereocenters. The molecular formula is C15H30N2O2. The minimum Gasteiger partial charge on any atom is -0.378 e. The lowest BCUT2D eigenvalue weighted by Gasteiger charge is -2.30. The van der Waals surface area contributed by atoms with E-state index in [9.17, 15) is 4.79 Å². The van der Waals surface area contributed by atoms with Crippen molar-refractivity contribution < 1.29 is 9.53 Å². The molecule has 0 aromatic heterocycles. The Bertz CT molecular complexity index is 277. The molecule has 0 bridgehead atoms. The Balaban J connectivity index is 2.37. The third kappa shape index (κ3) is 5.49. The second-order valence-corrected chi connectivity index (χ2v) is 6.12. The Morgan fingerprint density at radius 2 is 2.11 bits per heavy atom. The molecule has 1 aliphatic carbocycles. The molecule has 0 heterocycles. The molecule has 0 aliphatic heterocycles. The van der Waals surface area contributed by atoms with E-state index in [-0.39, 0.29) is 12.0 Å². The molecule has 1 amide bonds. The van der Waals surface area contributed by atoms with Gasteiger partial charge in [-0.3, -0.25) is 4.79 Å². The summed E-state index contributed by atoms with van der Waals surface area (Å²) in [6, 6.07) is 0. The van der Waals surface area contributed by atoms with Crippen LogP contribution in [0.2, 0.25) is 0 Å². The number of primary amides is 1. The van der Waals surface area contributed by atoms with Crippen molar-refractivity contribution in [3.63, 3.8) is 0 Å². The summed E-state index contributed by atoms with van der Waals surface area (Å²) in [5.41, 5.74) is 4.86. The minimum absolute atomic E-state index is 0.0578. The third-order valence-corrected chi connectivity index (χ3v) is 4.10. The first-order valence-corrected chi connectivity index (χ1v) is 7.64. The maximum atomic E-state index is 11.6. The predicted molar refractivity (Wildman–Crippen MR) is 77.9 cm³/mol. The van der Waals surface area contributed by atoms with Gasteiger partial charge in [0.15, 0.2) is 0 Å². The van der Waals surface area contributed by atoms with E-state index < -0.39 is 5.54 Å². The topological polar surface area (TPSA) is 64.3 Å².